The van der Waals surface area contributed by atoms with Crippen LogP contribution in [-0.4, -0.2) is 49.3 Å². The number of hydrogen-bond donors (Lipinski definition) is 4. The number of phenolic OH excluding ortho intramolecular Hbond substituents is 1. The molecule has 2 aliphatic rings. The Balaban J connectivity index is 1.52. The van der Waals surface area contributed by atoms with E-state index in [-0.39, 0.29) is 23.6 Å². The maximum Gasteiger partial charge on any atom is 0.223 e. The zero-order valence-corrected chi connectivity index (χ0v) is 17.5. The molecule has 0 saturated heterocycles. The van der Waals surface area contributed by atoms with Gasteiger partial charge in [-0.15, -0.1) is 0 Å². The SMILES string of the molecule is CCNC(=NCCc1ccc(OC)cc1O)NC1CCCC(C(=O)NC2CC2)C1. The van der Waals surface area contributed by atoms with E-state index in [1.54, 1.807) is 13.2 Å². The molecule has 0 spiro atoms. The smallest absolute Gasteiger partial charge is 0.223 e. The van der Waals surface area contributed by atoms with Crippen LogP contribution in [0.3, 0.4) is 0 Å². The van der Waals surface area contributed by atoms with Gasteiger partial charge in [-0.05, 0) is 57.1 Å². The molecule has 7 heteroatoms. The molecule has 0 aliphatic heterocycles. The summed E-state index contributed by atoms with van der Waals surface area (Å²) >= 11 is 0. The van der Waals surface area contributed by atoms with Gasteiger partial charge in [-0.1, -0.05) is 12.5 Å². The number of amides is 1. The molecule has 1 aromatic carbocycles. The van der Waals surface area contributed by atoms with Gasteiger partial charge in [0.25, 0.3) is 0 Å². The minimum atomic E-state index is 0.0981. The van der Waals surface area contributed by atoms with Crippen molar-refractivity contribution in [3.8, 4) is 11.5 Å². The van der Waals surface area contributed by atoms with Gasteiger partial charge in [0.05, 0.1) is 7.11 Å². The molecule has 4 N–H and O–H groups in total. The summed E-state index contributed by atoms with van der Waals surface area (Å²) in [7, 11) is 1.58. The number of rotatable bonds is 8. The van der Waals surface area contributed by atoms with Crippen LogP contribution in [0.2, 0.25) is 0 Å². The second-order valence-electron chi connectivity index (χ2n) is 7.99. The average Bonchev–Trinajstić information content (AvgIpc) is 3.53. The van der Waals surface area contributed by atoms with Crippen molar-refractivity contribution < 1.29 is 14.6 Å². The number of aromatic hydroxyl groups is 1. The van der Waals surface area contributed by atoms with E-state index in [1.165, 1.54) is 0 Å². The first kappa shape index (κ1) is 21.3. The van der Waals surface area contributed by atoms with Crippen molar-refractivity contribution in [3.05, 3.63) is 23.8 Å². The van der Waals surface area contributed by atoms with Gasteiger partial charge in [-0.2, -0.15) is 0 Å². The van der Waals surface area contributed by atoms with Crippen molar-refractivity contribution in [1.29, 1.82) is 0 Å². The van der Waals surface area contributed by atoms with E-state index in [1.807, 2.05) is 19.1 Å². The molecule has 160 valence electrons. The second-order valence-corrected chi connectivity index (χ2v) is 7.99. The molecule has 2 atom stereocenters. The standard InChI is InChI=1S/C22H34N4O3/c1-3-23-22(24-12-11-15-7-10-19(29-2)14-20(15)27)26-18-6-4-5-16(13-18)21(28)25-17-8-9-17/h7,10,14,16-18,27H,3-6,8-9,11-13H2,1-2H3,(H,25,28)(H2,23,24,26). The fourth-order valence-corrected chi connectivity index (χ4v) is 3.79. The van der Waals surface area contributed by atoms with Crippen molar-refractivity contribution in [2.75, 3.05) is 20.2 Å². The topological polar surface area (TPSA) is 95.0 Å². The number of hydrogen-bond acceptors (Lipinski definition) is 4. The lowest BCUT2D eigenvalue weighted by Crippen LogP contribution is -2.47. The lowest BCUT2D eigenvalue weighted by molar-refractivity contribution is -0.126. The van der Waals surface area contributed by atoms with E-state index in [2.05, 4.69) is 20.9 Å². The lowest BCUT2D eigenvalue weighted by Gasteiger charge is -2.30. The molecule has 2 saturated carbocycles. The maximum atomic E-state index is 12.4. The number of carbonyl (C=O) groups is 1. The molecule has 1 aromatic rings. The first-order chi connectivity index (χ1) is 14.1. The van der Waals surface area contributed by atoms with Crippen molar-refractivity contribution in [1.82, 2.24) is 16.0 Å². The first-order valence-corrected chi connectivity index (χ1v) is 10.8. The highest BCUT2D eigenvalue weighted by atomic mass is 16.5. The van der Waals surface area contributed by atoms with Crippen LogP contribution < -0.4 is 20.7 Å². The Morgan fingerprint density at radius 2 is 2.03 bits per heavy atom. The fourth-order valence-electron chi connectivity index (χ4n) is 3.79. The van der Waals surface area contributed by atoms with Gasteiger partial charge < -0.3 is 25.8 Å². The molecule has 0 aromatic heterocycles. The highest BCUT2D eigenvalue weighted by Gasteiger charge is 2.31. The third kappa shape index (κ3) is 6.54. The molecule has 1 amide bonds. The third-order valence-corrected chi connectivity index (χ3v) is 5.60. The number of nitrogens with one attached hydrogen (secondary N) is 3. The van der Waals surface area contributed by atoms with E-state index in [0.29, 0.717) is 24.8 Å². The number of phenols is 1. The van der Waals surface area contributed by atoms with Gasteiger partial charge in [0.2, 0.25) is 5.91 Å². The van der Waals surface area contributed by atoms with Crippen molar-refractivity contribution in [2.45, 2.75) is 64.0 Å². The quantitative estimate of drug-likeness (QED) is 0.395. The maximum absolute atomic E-state index is 12.4. The van der Waals surface area contributed by atoms with Crippen LogP contribution in [0.25, 0.3) is 0 Å². The van der Waals surface area contributed by atoms with Gasteiger partial charge in [0.1, 0.15) is 11.5 Å². The number of benzene rings is 1. The number of guanidine groups is 1. The predicted molar refractivity (Wildman–Crippen MR) is 114 cm³/mol. The van der Waals surface area contributed by atoms with Crippen molar-refractivity contribution >= 4 is 11.9 Å². The van der Waals surface area contributed by atoms with Gasteiger partial charge in [-0.25, -0.2) is 0 Å². The Kier molecular flexibility index (Phi) is 7.61. The first-order valence-electron chi connectivity index (χ1n) is 10.8. The van der Waals surface area contributed by atoms with Gasteiger partial charge in [0.15, 0.2) is 5.96 Å². The lowest BCUT2D eigenvalue weighted by atomic mass is 9.85. The van der Waals surface area contributed by atoms with Crippen LogP contribution in [0, 0.1) is 5.92 Å². The van der Waals surface area contributed by atoms with Crippen molar-refractivity contribution in [2.24, 2.45) is 10.9 Å². The van der Waals surface area contributed by atoms with E-state index >= 15 is 0 Å². The van der Waals surface area contributed by atoms with E-state index in [0.717, 1.165) is 56.6 Å². The Morgan fingerprint density at radius 1 is 1.21 bits per heavy atom. The van der Waals surface area contributed by atoms with Gasteiger partial charge in [0, 0.05) is 37.2 Å². The normalized spacial score (nSPS) is 22.1. The average molecular weight is 403 g/mol. The molecule has 2 unspecified atom stereocenters. The minimum absolute atomic E-state index is 0.0981. The number of nitrogens with zero attached hydrogens (tertiary/aromatic N) is 1. The van der Waals surface area contributed by atoms with Crippen LogP contribution >= 0.6 is 0 Å². The van der Waals surface area contributed by atoms with E-state index < -0.39 is 0 Å². The summed E-state index contributed by atoms with van der Waals surface area (Å²) in [5, 5.41) is 20.0. The van der Waals surface area contributed by atoms with Crippen LogP contribution in [0.15, 0.2) is 23.2 Å². The molecule has 2 aliphatic carbocycles. The molecule has 0 heterocycles. The van der Waals surface area contributed by atoms with Crippen LogP contribution in [0.1, 0.15) is 51.0 Å². The molecule has 3 rings (SSSR count). The zero-order chi connectivity index (χ0) is 20.6. The Labute approximate surface area is 173 Å². The van der Waals surface area contributed by atoms with E-state index in [9.17, 15) is 9.90 Å². The highest BCUT2D eigenvalue weighted by Crippen LogP contribution is 2.27. The minimum Gasteiger partial charge on any atom is -0.508 e. The van der Waals surface area contributed by atoms with Crippen LogP contribution in [0.4, 0.5) is 0 Å². The second kappa shape index (κ2) is 10.4. The molecule has 7 nitrogen and oxygen atoms in total. The van der Waals surface area contributed by atoms with E-state index in [4.69, 9.17) is 4.74 Å². The molecular formula is C22H34N4O3. The summed E-state index contributed by atoms with van der Waals surface area (Å²) in [6, 6.07) is 6.01. The number of aliphatic imine (C=N–C) groups is 1. The fraction of sp³-hybridized carbons (Fsp3) is 0.636. The largest absolute Gasteiger partial charge is 0.508 e. The summed E-state index contributed by atoms with van der Waals surface area (Å²) in [5.41, 5.74) is 0.847. The van der Waals surface area contributed by atoms with Crippen LogP contribution in [0.5, 0.6) is 11.5 Å². The Bertz CT molecular complexity index is 718. The third-order valence-electron chi connectivity index (χ3n) is 5.60. The summed E-state index contributed by atoms with van der Waals surface area (Å²) in [4.78, 5) is 17.1. The number of carbonyl (C=O) groups excluding carboxylic acids is 1. The van der Waals surface area contributed by atoms with Gasteiger partial charge >= 0.3 is 0 Å². The number of ether oxygens (including phenoxy) is 1. The van der Waals surface area contributed by atoms with Gasteiger partial charge in [-0.3, -0.25) is 9.79 Å². The molecule has 2 fully saturated rings. The highest BCUT2D eigenvalue weighted by molar-refractivity contribution is 5.81. The predicted octanol–water partition coefficient (Wildman–Crippen LogP) is 2.34. The Morgan fingerprint density at radius 3 is 2.72 bits per heavy atom. The monoisotopic (exact) mass is 402 g/mol. The summed E-state index contributed by atoms with van der Waals surface area (Å²) in [5.74, 6) is 1.96. The molecular weight excluding hydrogens is 368 g/mol. The van der Waals surface area contributed by atoms with Crippen molar-refractivity contribution in [3.63, 3.8) is 0 Å². The number of methoxy groups -OCH3 is 1. The summed E-state index contributed by atoms with van der Waals surface area (Å²) < 4.78 is 5.12. The molecule has 0 radical (unpaired) electrons. The summed E-state index contributed by atoms with van der Waals surface area (Å²) in [6.45, 7) is 3.38. The Hall–Kier alpha value is -2.44. The molecule has 0 bridgehead atoms. The molecule has 29 heavy (non-hydrogen) atoms. The zero-order valence-electron chi connectivity index (χ0n) is 17.5. The summed E-state index contributed by atoms with van der Waals surface area (Å²) in [6.07, 6.45) is 6.82. The van der Waals surface area contributed by atoms with Crippen LogP contribution in [-0.2, 0) is 11.2 Å².